The van der Waals surface area contributed by atoms with Crippen molar-refractivity contribution in [1.82, 2.24) is 15.1 Å². The predicted octanol–water partition coefficient (Wildman–Crippen LogP) is 0.466. The standard InChI is InChI=1S/C17H20N4O5/c1-11-10-12(2-5-14(11)21(25)26)16(23)19-6-8-20(9-7-19)17(24)15(22)18-13-3-4-13/h2,5,10,13H,3-4,6-9H2,1H3,(H,18,22). The number of nitrogens with one attached hydrogen (secondary N) is 1. The van der Waals surface area contributed by atoms with E-state index in [1.807, 2.05) is 0 Å². The average molecular weight is 360 g/mol. The van der Waals surface area contributed by atoms with Gasteiger partial charge in [-0.15, -0.1) is 0 Å². The fourth-order valence-corrected chi connectivity index (χ4v) is 2.91. The molecule has 0 atom stereocenters. The number of benzene rings is 1. The van der Waals surface area contributed by atoms with Crippen molar-refractivity contribution >= 4 is 23.4 Å². The lowest BCUT2D eigenvalue weighted by Crippen LogP contribution is -2.54. The molecule has 2 fully saturated rings. The molecular formula is C17H20N4O5. The highest BCUT2D eigenvalue weighted by molar-refractivity contribution is 6.35. The Bertz CT molecular complexity index is 766. The fourth-order valence-electron chi connectivity index (χ4n) is 2.91. The molecule has 0 unspecified atom stereocenters. The van der Waals surface area contributed by atoms with Gasteiger partial charge in [0.2, 0.25) is 0 Å². The summed E-state index contributed by atoms with van der Waals surface area (Å²) in [7, 11) is 0. The number of nitro groups is 1. The smallest absolute Gasteiger partial charge is 0.312 e. The third kappa shape index (κ3) is 3.81. The van der Waals surface area contributed by atoms with Gasteiger partial charge in [-0.05, 0) is 31.9 Å². The van der Waals surface area contributed by atoms with Crippen LogP contribution in [0.5, 0.6) is 0 Å². The first-order valence-corrected chi connectivity index (χ1v) is 8.51. The highest BCUT2D eigenvalue weighted by atomic mass is 16.6. The number of aryl methyl sites for hydroxylation is 1. The van der Waals surface area contributed by atoms with E-state index in [9.17, 15) is 24.5 Å². The van der Waals surface area contributed by atoms with Gasteiger partial charge in [-0.3, -0.25) is 24.5 Å². The molecule has 138 valence electrons. The molecule has 1 aromatic rings. The summed E-state index contributed by atoms with van der Waals surface area (Å²) in [5.74, 6) is -1.38. The molecule has 1 aliphatic heterocycles. The molecule has 0 bridgehead atoms. The second-order valence-corrected chi connectivity index (χ2v) is 6.59. The number of amides is 3. The number of piperazine rings is 1. The van der Waals surface area contributed by atoms with Crippen LogP contribution in [0.3, 0.4) is 0 Å². The Morgan fingerprint density at radius 2 is 1.73 bits per heavy atom. The first-order valence-electron chi connectivity index (χ1n) is 8.51. The van der Waals surface area contributed by atoms with Gasteiger partial charge in [0.25, 0.3) is 11.6 Å². The SMILES string of the molecule is Cc1cc(C(=O)N2CCN(C(=O)C(=O)NC3CC3)CC2)ccc1[N+](=O)[O-]. The first-order chi connectivity index (χ1) is 12.4. The molecule has 3 amide bonds. The van der Waals surface area contributed by atoms with Gasteiger partial charge in [0, 0.05) is 49.4 Å². The van der Waals surface area contributed by atoms with Gasteiger partial charge in [0.15, 0.2) is 0 Å². The van der Waals surface area contributed by atoms with Crippen molar-refractivity contribution in [2.75, 3.05) is 26.2 Å². The molecule has 0 spiro atoms. The summed E-state index contributed by atoms with van der Waals surface area (Å²) in [5.41, 5.74) is 0.768. The van der Waals surface area contributed by atoms with E-state index in [4.69, 9.17) is 0 Å². The summed E-state index contributed by atoms with van der Waals surface area (Å²) in [6.07, 6.45) is 1.83. The maximum atomic E-state index is 12.6. The molecule has 9 heteroatoms. The average Bonchev–Trinajstić information content (AvgIpc) is 3.44. The number of carbonyl (C=O) groups excluding carboxylic acids is 3. The van der Waals surface area contributed by atoms with E-state index in [1.165, 1.54) is 23.1 Å². The van der Waals surface area contributed by atoms with Crippen LogP contribution in [-0.4, -0.2) is 64.7 Å². The zero-order valence-corrected chi connectivity index (χ0v) is 14.4. The van der Waals surface area contributed by atoms with Gasteiger partial charge in [-0.1, -0.05) is 0 Å². The molecule has 1 aromatic carbocycles. The van der Waals surface area contributed by atoms with E-state index in [0.29, 0.717) is 24.2 Å². The number of carbonyl (C=O) groups is 3. The van der Waals surface area contributed by atoms with Crippen LogP contribution >= 0.6 is 0 Å². The summed E-state index contributed by atoms with van der Waals surface area (Å²) >= 11 is 0. The molecule has 1 saturated carbocycles. The minimum absolute atomic E-state index is 0.0290. The maximum Gasteiger partial charge on any atom is 0.312 e. The fraction of sp³-hybridized carbons (Fsp3) is 0.471. The van der Waals surface area contributed by atoms with Gasteiger partial charge in [-0.25, -0.2) is 0 Å². The first kappa shape index (κ1) is 17.8. The topological polar surface area (TPSA) is 113 Å². The number of hydrogen-bond donors (Lipinski definition) is 1. The van der Waals surface area contributed by atoms with Crippen molar-refractivity contribution in [1.29, 1.82) is 0 Å². The zero-order valence-electron chi connectivity index (χ0n) is 14.4. The Labute approximate surface area is 150 Å². The zero-order chi connectivity index (χ0) is 18.8. The van der Waals surface area contributed by atoms with E-state index in [0.717, 1.165) is 12.8 Å². The van der Waals surface area contributed by atoms with E-state index in [2.05, 4.69) is 5.32 Å². The lowest BCUT2D eigenvalue weighted by molar-refractivity contribution is -0.385. The van der Waals surface area contributed by atoms with Crippen LogP contribution < -0.4 is 5.32 Å². The minimum atomic E-state index is -0.585. The van der Waals surface area contributed by atoms with E-state index < -0.39 is 16.7 Å². The molecule has 2 aliphatic rings. The van der Waals surface area contributed by atoms with E-state index in [1.54, 1.807) is 11.8 Å². The van der Waals surface area contributed by atoms with E-state index in [-0.39, 0.29) is 30.7 Å². The number of hydrogen-bond acceptors (Lipinski definition) is 5. The van der Waals surface area contributed by atoms with Gasteiger partial charge in [0.1, 0.15) is 0 Å². The van der Waals surface area contributed by atoms with Crippen molar-refractivity contribution in [3.8, 4) is 0 Å². The molecule has 26 heavy (non-hydrogen) atoms. The van der Waals surface area contributed by atoms with Crippen molar-refractivity contribution in [3.05, 3.63) is 39.4 Å². The molecule has 3 rings (SSSR count). The maximum absolute atomic E-state index is 12.6. The lowest BCUT2D eigenvalue weighted by Gasteiger charge is -2.34. The van der Waals surface area contributed by atoms with E-state index >= 15 is 0 Å². The van der Waals surface area contributed by atoms with Gasteiger partial charge >= 0.3 is 11.8 Å². The molecular weight excluding hydrogens is 340 g/mol. The van der Waals surface area contributed by atoms with Crippen LogP contribution in [0.4, 0.5) is 5.69 Å². The second-order valence-electron chi connectivity index (χ2n) is 6.59. The third-order valence-corrected chi connectivity index (χ3v) is 4.60. The molecule has 1 saturated heterocycles. The summed E-state index contributed by atoms with van der Waals surface area (Å²) in [5, 5.41) is 13.5. The van der Waals surface area contributed by atoms with Crippen molar-refractivity contribution < 1.29 is 19.3 Å². The Hall–Kier alpha value is -2.97. The summed E-state index contributed by atoms with van der Waals surface area (Å²) < 4.78 is 0. The largest absolute Gasteiger partial charge is 0.345 e. The third-order valence-electron chi connectivity index (χ3n) is 4.60. The second kappa shape index (κ2) is 7.11. The minimum Gasteiger partial charge on any atom is -0.345 e. The Balaban J connectivity index is 1.58. The van der Waals surface area contributed by atoms with Crippen molar-refractivity contribution in [2.45, 2.75) is 25.8 Å². The van der Waals surface area contributed by atoms with Crippen LogP contribution in [-0.2, 0) is 9.59 Å². The lowest BCUT2D eigenvalue weighted by atomic mass is 10.1. The summed E-state index contributed by atoms with van der Waals surface area (Å²) in [6, 6.07) is 4.39. The van der Waals surface area contributed by atoms with Crippen LogP contribution in [0.15, 0.2) is 18.2 Å². The highest BCUT2D eigenvalue weighted by Gasteiger charge is 2.31. The summed E-state index contributed by atoms with van der Waals surface area (Å²) in [6.45, 7) is 2.79. The molecule has 1 heterocycles. The molecule has 0 radical (unpaired) electrons. The van der Waals surface area contributed by atoms with Crippen molar-refractivity contribution in [3.63, 3.8) is 0 Å². The number of nitrogens with zero attached hydrogens (tertiary/aromatic N) is 3. The van der Waals surface area contributed by atoms with Gasteiger partial charge in [-0.2, -0.15) is 0 Å². The highest BCUT2D eigenvalue weighted by Crippen LogP contribution is 2.20. The molecule has 9 nitrogen and oxygen atoms in total. The number of nitro benzene ring substituents is 1. The summed E-state index contributed by atoms with van der Waals surface area (Å²) in [4.78, 5) is 49.9. The molecule has 1 N–H and O–H groups in total. The van der Waals surface area contributed by atoms with Gasteiger partial charge in [0.05, 0.1) is 4.92 Å². The Morgan fingerprint density at radius 1 is 1.12 bits per heavy atom. The monoisotopic (exact) mass is 360 g/mol. The van der Waals surface area contributed by atoms with Crippen LogP contribution in [0.25, 0.3) is 0 Å². The predicted molar refractivity (Wildman–Crippen MR) is 91.5 cm³/mol. The molecule has 0 aromatic heterocycles. The molecule has 1 aliphatic carbocycles. The van der Waals surface area contributed by atoms with Crippen LogP contribution in [0, 0.1) is 17.0 Å². The Kier molecular flexibility index (Phi) is 4.88. The van der Waals surface area contributed by atoms with Gasteiger partial charge < -0.3 is 15.1 Å². The Morgan fingerprint density at radius 3 is 2.27 bits per heavy atom. The van der Waals surface area contributed by atoms with Crippen LogP contribution in [0.2, 0.25) is 0 Å². The van der Waals surface area contributed by atoms with Crippen LogP contribution in [0.1, 0.15) is 28.8 Å². The number of rotatable bonds is 3. The normalized spacial score (nSPS) is 17.0. The quantitative estimate of drug-likeness (QED) is 0.478. The van der Waals surface area contributed by atoms with Crippen molar-refractivity contribution in [2.24, 2.45) is 0 Å².